The molecule has 1 rings (SSSR count). The normalized spacial score (nSPS) is 25.1. The van der Waals surface area contributed by atoms with Crippen molar-refractivity contribution in [2.24, 2.45) is 0 Å². The number of aliphatic carboxylic acids is 1. The van der Waals surface area contributed by atoms with Crippen LogP contribution < -0.4 is 34.7 Å². The van der Waals surface area contributed by atoms with Gasteiger partial charge in [-0.25, -0.2) is 0 Å². The molecule has 1 atom stereocenters. The van der Waals surface area contributed by atoms with E-state index in [9.17, 15) is 9.90 Å². The fourth-order valence-corrected chi connectivity index (χ4v) is 0.470. The summed E-state index contributed by atoms with van der Waals surface area (Å²) in [5, 5.41) is 9.89. The van der Waals surface area contributed by atoms with Gasteiger partial charge in [-0.3, -0.25) is 0 Å². The van der Waals surface area contributed by atoms with Crippen molar-refractivity contribution in [2.75, 3.05) is 13.4 Å². The predicted molar refractivity (Wildman–Crippen MR) is 20.7 cm³/mol. The van der Waals surface area contributed by atoms with Crippen LogP contribution in [0.4, 0.5) is 0 Å². The maximum Gasteiger partial charge on any atom is 1.00 e. The van der Waals surface area contributed by atoms with Crippen molar-refractivity contribution < 1.29 is 48.9 Å². The third kappa shape index (κ3) is 2.64. The fraction of sp³-hybridized carbons (Fsp3) is 0.750. The van der Waals surface area contributed by atoms with Crippen LogP contribution >= 0.6 is 0 Å². The van der Waals surface area contributed by atoms with Gasteiger partial charge >= 0.3 is 29.6 Å². The standard InChI is InChI=1S/C4H6O4.Na/c5-4(6)3-1-7-2-8-3;/h3H,1-2H2,(H,5,6);/q;+1/p-1. The van der Waals surface area contributed by atoms with Crippen LogP contribution in [0.5, 0.6) is 0 Å². The monoisotopic (exact) mass is 140 g/mol. The maximum atomic E-state index is 9.89. The summed E-state index contributed by atoms with van der Waals surface area (Å²) in [7, 11) is 0. The van der Waals surface area contributed by atoms with E-state index in [1.807, 2.05) is 0 Å². The molecule has 0 N–H and O–H groups in total. The number of rotatable bonds is 1. The molecule has 0 radical (unpaired) electrons. The average Bonchev–Trinajstić information content (AvgIpc) is 2.12. The molecule has 46 valence electrons. The minimum atomic E-state index is -1.21. The third-order valence-electron chi connectivity index (χ3n) is 0.885. The first-order chi connectivity index (χ1) is 3.80. The van der Waals surface area contributed by atoms with E-state index in [0.29, 0.717) is 0 Å². The first-order valence-corrected chi connectivity index (χ1v) is 2.21. The molecular formula is C4H5NaO4. The molecule has 4 nitrogen and oxygen atoms in total. The molecule has 0 aromatic heterocycles. The third-order valence-corrected chi connectivity index (χ3v) is 0.885. The molecule has 0 aliphatic carbocycles. The van der Waals surface area contributed by atoms with E-state index < -0.39 is 12.1 Å². The second-order valence-corrected chi connectivity index (χ2v) is 1.46. The summed E-state index contributed by atoms with van der Waals surface area (Å²) in [4.78, 5) is 9.89. The van der Waals surface area contributed by atoms with Crippen molar-refractivity contribution in [3.8, 4) is 0 Å². The zero-order valence-corrected chi connectivity index (χ0v) is 7.12. The Morgan fingerprint density at radius 3 is 2.56 bits per heavy atom. The van der Waals surface area contributed by atoms with Crippen molar-refractivity contribution in [3.05, 3.63) is 0 Å². The first kappa shape index (κ1) is 9.39. The molecule has 1 fully saturated rings. The van der Waals surface area contributed by atoms with Gasteiger partial charge in [-0.1, -0.05) is 0 Å². The van der Waals surface area contributed by atoms with Gasteiger partial charge in [0.15, 0.2) is 0 Å². The largest absolute Gasteiger partial charge is 1.00 e. The predicted octanol–water partition coefficient (Wildman–Crippen LogP) is -4.89. The van der Waals surface area contributed by atoms with Gasteiger partial charge in [-0.2, -0.15) is 0 Å². The van der Waals surface area contributed by atoms with E-state index in [2.05, 4.69) is 9.47 Å². The van der Waals surface area contributed by atoms with Crippen LogP contribution in [-0.4, -0.2) is 25.5 Å². The Kier molecular flexibility index (Phi) is 4.43. The quantitative estimate of drug-likeness (QED) is 0.342. The van der Waals surface area contributed by atoms with E-state index in [-0.39, 0.29) is 43.0 Å². The smallest absolute Gasteiger partial charge is 0.547 e. The van der Waals surface area contributed by atoms with Crippen LogP contribution in [0.3, 0.4) is 0 Å². The topological polar surface area (TPSA) is 58.6 Å². The molecule has 0 bridgehead atoms. The molecule has 0 aromatic rings. The van der Waals surface area contributed by atoms with Crippen LogP contribution in [-0.2, 0) is 14.3 Å². The molecule has 5 heteroatoms. The van der Waals surface area contributed by atoms with E-state index in [1.54, 1.807) is 0 Å². The van der Waals surface area contributed by atoms with Gasteiger partial charge in [0.05, 0.1) is 12.6 Å². The van der Waals surface area contributed by atoms with E-state index >= 15 is 0 Å². The number of carboxylic acid groups (broad SMARTS) is 1. The van der Waals surface area contributed by atoms with Gasteiger partial charge in [0, 0.05) is 0 Å². The molecule has 1 aliphatic rings. The van der Waals surface area contributed by atoms with Crippen molar-refractivity contribution in [3.63, 3.8) is 0 Å². The second-order valence-electron chi connectivity index (χ2n) is 1.46. The molecule has 0 amide bonds. The summed E-state index contributed by atoms with van der Waals surface area (Å²) in [6.07, 6.45) is -0.852. The SMILES string of the molecule is O=C([O-])C1COCO1.[Na+]. The second kappa shape index (κ2) is 4.24. The fourth-order valence-electron chi connectivity index (χ4n) is 0.470. The Balaban J connectivity index is 0.000000640. The van der Waals surface area contributed by atoms with Crippen LogP contribution in [0.15, 0.2) is 0 Å². The summed E-state index contributed by atoms with van der Waals surface area (Å²) in [6, 6.07) is 0. The van der Waals surface area contributed by atoms with Gasteiger partial charge in [-0.05, 0) is 0 Å². The van der Waals surface area contributed by atoms with Gasteiger partial charge in [0.1, 0.15) is 12.9 Å². The summed E-state index contributed by atoms with van der Waals surface area (Å²) in [6.45, 7) is 0.182. The molecule has 0 saturated carbocycles. The Morgan fingerprint density at radius 1 is 1.67 bits per heavy atom. The van der Waals surface area contributed by atoms with Gasteiger partial charge in [-0.15, -0.1) is 0 Å². The zero-order valence-electron chi connectivity index (χ0n) is 5.12. The van der Waals surface area contributed by atoms with Crippen LogP contribution in [0.1, 0.15) is 0 Å². The van der Waals surface area contributed by atoms with Crippen molar-refractivity contribution in [2.45, 2.75) is 6.10 Å². The number of carbonyl (C=O) groups excluding carboxylic acids is 1. The number of hydrogen-bond acceptors (Lipinski definition) is 4. The minimum Gasteiger partial charge on any atom is -0.547 e. The summed E-state index contributed by atoms with van der Waals surface area (Å²) in [5.41, 5.74) is 0. The van der Waals surface area contributed by atoms with Crippen LogP contribution in [0.2, 0.25) is 0 Å². The Bertz CT molecular complexity index is 98.7. The Labute approximate surface area is 74.4 Å². The molecule has 1 saturated heterocycles. The summed E-state index contributed by atoms with van der Waals surface area (Å²) < 4.78 is 9.11. The van der Waals surface area contributed by atoms with E-state index in [0.717, 1.165) is 0 Å². The first-order valence-electron chi connectivity index (χ1n) is 2.21. The van der Waals surface area contributed by atoms with E-state index in [4.69, 9.17) is 0 Å². The zero-order chi connectivity index (χ0) is 5.98. The van der Waals surface area contributed by atoms with Crippen molar-refractivity contribution in [1.29, 1.82) is 0 Å². The number of carboxylic acids is 1. The average molecular weight is 140 g/mol. The minimum absolute atomic E-state index is 0. The van der Waals surface area contributed by atoms with Gasteiger partial charge in [0.25, 0.3) is 0 Å². The Hall–Kier alpha value is 0.390. The molecule has 9 heavy (non-hydrogen) atoms. The summed E-state index contributed by atoms with van der Waals surface area (Å²) >= 11 is 0. The maximum absolute atomic E-state index is 9.89. The van der Waals surface area contributed by atoms with E-state index in [1.165, 1.54) is 0 Å². The van der Waals surface area contributed by atoms with Gasteiger partial charge < -0.3 is 19.4 Å². The molecule has 0 spiro atoms. The van der Waals surface area contributed by atoms with Crippen LogP contribution in [0.25, 0.3) is 0 Å². The van der Waals surface area contributed by atoms with Crippen molar-refractivity contribution in [1.82, 2.24) is 0 Å². The number of hydrogen-bond donors (Lipinski definition) is 0. The summed E-state index contributed by atoms with van der Waals surface area (Å²) in [5.74, 6) is -1.21. The molecular weight excluding hydrogens is 135 g/mol. The molecule has 1 unspecified atom stereocenters. The van der Waals surface area contributed by atoms with Crippen molar-refractivity contribution >= 4 is 5.97 Å². The number of carbonyl (C=O) groups is 1. The van der Waals surface area contributed by atoms with Gasteiger partial charge in [0.2, 0.25) is 0 Å². The Morgan fingerprint density at radius 2 is 2.33 bits per heavy atom. The van der Waals surface area contributed by atoms with Crippen LogP contribution in [0, 0.1) is 0 Å². The molecule has 1 aliphatic heterocycles. The molecule has 1 heterocycles. The number of ether oxygens (including phenoxy) is 2. The molecule has 0 aromatic carbocycles.